The Morgan fingerprint density at radius 2 is 1.72 bits per heavy atom. The van der Waals surface area contributed by atoms with E-state index >= 15 is 0 Å². The molecule has 134 valence electrons. The zero-order valence-electron chi connectivity index (χ0n) is 14.7. The molecule has 2 aromatic carbocycles. The number of ether oxygens (including phenoxy) is 1. The lowest BCUT2D eigenvalue weighted by molar-refractivity contribution is 0.102. The van der Waals surface area contributed by atoms with Gasteiger partial charge in [0, 0.05) is 11.6 Å². The second-order valence-electron chi connectivity index (χ2n) is 5.96. The molecule has 6 nitrogen and oxygen atoms in total. The molecule has 0 aliphatic carbocycles. The van der Waals surface area contributed by atoms with E-state index < -0.39 is 10.0 Å². The Bertz CT molecular complexity index is 859. The summed E-state index contributed by atoms with van der Waals surface area (Å²) in [5.41, 5.74) is 1.90. The zero-order chi connectivity index (χ0) is 18.6. The van der Waals surface area contributed by atoms with Gasteiger partial charge in [-0.15, -0.1) is 0 Å². The van der Waals surface area contributed by atoms with Crippen molar-refractivity contribution in [1.82, 2.24) is 4.72 Å². The maximum atomic E-state index is 12.4. The Hall–Kier alpha value is -2.38. The summed E-state index contributed by atoms with van der Waals surface area (Å²) in [6.45, 7) is 5.40. The van der Waals surface area contributed by atoms with Crippen molar-refractivity contribution in [2.24, 2.45) is 0 Å². The third kappa shape index (κ3) is 4.80. The average Bonchev–Trinajstić information content (AvgIpc) is 2.54. The molecule has 0 heterocycles. The predicted octanol–water partition coefficient (Wildman–Crippen LogP) is 2.94. The number of amides is 1. The maximum absolute atomic E-state index is 12.4. The quantitative estimate of drug-likeness (QED) is 0.827. The molecule has 25 heavy (non-hydrogen) atoms. The van der Waals surface area contributed by atoms with Crippen LogP contribution in [-0.4, -0.2) is 27.5 Å². The Balaban J connectivity index is 2.20. The SMILES string of the molecule is COc1ccc(C)cc1NC(=O)c1ccc(S(=O)(=O)NC(C)C)cc1. The molecule has 0 aliphatic heterocycles. The van der Waals surface area contributed by atoms with Crippen LogP contribution >= 0.6 is 0 Å². The van der Waals surface area contributed by atoms with Gasteiger partial charge in [-0.05, 0) is 62.7 Å². The van der Waals surface area contributed by atoms with E-state index in [1.54, 1.807) is 19.9 Å². The minimum absolute atomic E-state index is 0.117. The summed E-state index contributed by atoms with van der Waals surface area (Å²) in [5.74, 6) is 0.212. The number of hydrogen-bond donors (Lipinski definition) is 2. The van der Waals surface area contributed by atoms with Crippen molar-refractivity contribution in [2.75, 3.05) is 12.4 Å². The number of aryl methyl sites for hydroxylation is 1. The molecule has 0 saturated heterocycles. The fourth-order valence-corrected chi connectivity index (χ4v) is 3.53. The molecule has 0 unspecified atom stereocenters. The molecule has 0 atom stereocenters. The van der Waals surface area contributed by atoms with E-state index in [4.69, 9.17) is 4.74 Å². The van der Waals surface area contributed by atoms with E-state index in [-0.39, 0.29) is 16.8 Å². The molecule has 2 aromatic rings. The number of methoxy groups -OCH3 is 1. The lowest BCUT2D eigenvalue weighted by Crippen LogP contribution is -2.30. The predicted molar refractivity (Wildman–Crippen MR) is 97.6 cm³/mol. The van der Waals surface area contributed by atoms with Crippen molar-refractivity contribution in [3.63, 3.8) is 0 Å². The summed E-state index contributed by atoms with van der Waals surface area (Å²) >= 11 is 0. The summed E-state index contributed by atoms with van der Waals surface area (Å²) in [5, 5.41) is 2.78. The molecule has 0 saturated carbocycles. The van der Waals surface area contributed by atoms with Crippen LogP contribution in [0.15, 0.2) is 47.4 Å². The highest BCUT2D eigenvalue weighted by atomic mass is 32.2. The fraction of sp³-hybridized carbons (Fsp3) is 0.278. The third-order valence-electron chi connectivity index (χ3n) is 3.42. The Kier molecular flexibility index (Phi) is 5.81. The van der Waals surface area contributed by atoms with Gasteiger partial charge in [-0.1, -0.05) is 6.07 Å². The molecule has 2 N–H and O–H groups in total. The summed E-state index contributed by atoms with van der Waals surface area (Å²) in [7, 11) is -2.05. The number of benzene rings is 2. The fourth-order valence-electron chi connectivity index (χ4n) is 2.28. The van der Waals surface area contributed by atoms with E-state index in [2.05, 4.69) is 10.0 Å². The topological polar surface area (TPSA) is 84.5 Å². The molecule has 0 bridgehead atoms. The third-order valence-corrected chi connectivity index (χ3v) is 5.10. The van der Waals surface area contributed by atoms with Crippen LogP contribution < -0.4 is 14.8 Å². The van der Waals surface area contributed by atoms with Gasteiger partial charge in [-0.2, -0.15) is 0 Å². The zero-order valence-corrected chi connectivity index (χ0v) is 15.5. The Morgan fingerprint density at radius 1 is 1.08 bits per heavy atom. The standard InChI is InChI=1S/C18H22N2O4S/c1-12(2)20-25(22,23)15-8-6-14(7-9-15)18(21)19-16-11-13(3)5-10-17(16)24-4/h5-12,20H,1-4H3,(H,19,21). The van der Waals surface area contributed by atoms with Crippen molar-refractivity contribution in [3.8, 4) is 5.75 Å². The van der Waals surface area contributed by atoms with E-state index in [0.29, 0.717) is 17.0 Å². The summed E-state index contributed by atoms with van der Waals surface area (Å²) in [6, 6.07) is 11.0. The number of carbonyl (C=O) groups excluding carboxylic acids is 1. The van der Waals surface area contributed by atoms with Crippen molar-refractivity contribution >= 4 is 21.6 Å². The highest BCUT2D eigenvalue weighted by molar-refractivity contribution is 7.89. The molecular weight excluding hydrogens is 340 g/mol. The summed E-state index contributed by atoms with van der Waals surface area (Å²) in [4.78, 5) is 12.5. The lowest BCUT2D eigenvalue weighted by Gasteiger charge is -2.12. The molecule has 2 rings (SSSR count). The van der Waals surface area contributed by atoms with Crippen LogP contribution in [0.3, 0.4) is 0 Å². The lowest BCUT2D eigenvalue weighted by atomic mass is 10.1. The number of rotatable bonds is 6. The molecule has 7 heteroatoms. The Morgan fingerprint density at radius 3 is 2.28 bits per heavy atom. The van der Waals surface area contributed by atoms with Crippen molar-refractivity contribution in [1.29, 1.82) is 0 Å². The van der Waals surface area contributed by atoms with Gasteiger partial charge in [0.1, 0.15) is 5.75 Å². The monoisotopic (exact) mass is 362 g/mol. The van der Waals surface area contributed by atoms with Crippen LogP contribution in [0.25, 0.3) is 0 Å². The largest absolute Gasteiger partial charge is 0.495 e. The van der Waals surface area contributed by atoms with Crippen molar-refractivity contribution in [2.45, 2.75) is 31.7 Å². The van der Waals surface area contributed by atoms with Gasteiger partial charge in [0.25, 0.3) is 5.91 Å². The summed E-state index contributed by atoms with van der Waals surface area (Å²) in [6.07, 6.45) is 0. The summed E-state index contributed by atoms with van der Waals surface area (Å²) < 4.78 is 32.0. The van der Waals surface area contributed by atoms with Gasteiger partial charge < -0.3 is 10.1 Å². The highest BCUT2D eigenvalue weighted by Crippen LogP contribution is 2.25. The number of sulfonamides is 1. The van der Waals surface area contributed by atoms with Crippen LogP contribution in [-0.2, 0) is 10.0 Å². The number of anilines is 1. The Labute approximate surface area is 148 Å². The molecule has 0 radical (unpaired) electrons. The molecule has 0 aromatic heterocycles. The second-order valence-corrected chi connectivity index (χ2v) is 7.67. The first-order chi connectivity index (χ1) is 11.7. The smallest absolute Gasteiger partial charge is 0.255 e. The normalized spacial score (nSPS) is 11.4. The minimum atomic E-state index is -3.58. The molecule has 0 fully saturated rings. The van der Waals surface area contributed by atoms with E-state index in [1.165, 1.54) is 31.4 Å². The van der Waals surface area contributed by atoms with Crippen molar-refractivity contribution in [3.05, 3.63) is 53.6 Å². The van der Waals surface area contributed by atoms with Crippen molar-refractivity contribution < 1.29 is 17.9 Å². The first-order valence-electron chi connectivity index (χ1n) is 7.81. The van der Waals surface area contributed by atoms with Crippen LogP contribution in [0.2, 0.25) is 0 Å². The van der Waals surface area contributed by atoms with E-state index in [9.17, 15) is 13.2 Å². The maximum Gasteiger partial charge on any atom is 0.255 e. The number of hydrogen-bond acceptors (Lipinski definition) is 4. The van der Waals surface area contributed by atoms with Gasteiger partial charge in [0.2, 0.25) is 10.0 Å². The average molecular weight is 362 g/mol. The van der Waals surface area contributed by atoms with E-state index in [0.717, 1.165) is 5.56 Å². The first kappa shape index (κ1) is 19.0. The van der Waals surface area contributed by atoms with Crippen LogP contribution in [0, 0.1) is 6.92 Å². The minimum Gasteiger partial charge on any atom is -0.495 e. The first-order valence-corrected chi connectivity index (χ1v) is 9.29. The van der Waals surface area contributed by atoms with E-state index in [1.807, 2.05) is 19.1 Å². The van der Waals surface area contributed by atoms with Gasteiger partial charge in [0.15, 0.2) is 0 Å². The van der Waals surface area contributed by atoms with Crippen LogP contribution in [0.1, 0.15) is 29.8 Å². The molecule has 0 spiro atoms. The second kappa shape index (κ2) is 7.67. The van der Waals surface area contributed by atoms with Gasteiger partial charge in [-0.25, -0.2) is 13.1 Å². The molecular formula is C18H22N2O4S. The number of carbonyl (C=O) groups is 1. The van der Waals surface area contributed by atoms with Crippen LogP contribution in [0.5, 0.6) is 5.75 Å². The molecule has 0 aliphatic rings. The van der Waals surface area contributed by atoms with Gasteiger partial charge in [0.05, 0.1) is 17.7 Å². The van der Waals surface area contributed by atoms with Gasteiger partial charge >= 0.3 is 0 Å². The highest BCUT2D eigenvalue weighted by Gasteiger charge is 2.16. The number of nitrogens with one attached hydrogen (secondary N) is 2. The van der Waals surface area contributed by atoms with Crippen LogP contribution in [0.4, 0.5) is 5.69 Å². The van der Waals surface area contributed by atoms with Gasteiger partial charge in [-0.3, -0.25) is 4.79 Å². The molecule has 1 amide bonds.